The molecule has 1 aromatic rings. The summed E-state index contributed by atoms with van der Waals surface area (Å²) in [5.74, 6) is -7.83. The normalized spacial score (nSPS) is 12.3. The Morgan fingerprint density at radius 3 is 2.41 bits per heavy atom. The second-order valence-electron chi connectivity index (χ2n) is 2.96. The number of rotatable bonds is 3. The Labute approximate surface area is 91.9 Å². The van der Waals surface area contributed by atoms with Gasteiger partial charge in [-0.1, -0.05) is 0 Å². The number of carbonyl (C=O) groups is 1. The van der Waals surface area contributed by atoms with Crippen LogP contribution in [0, 0.1) is 0 Å². The molecule has 0 aliphatic heterocycles. The van der Waals surface area contributed by atoms with E-state index in [0.29, 0.717) is 0 Å². The van der Waals surface area contributed by atoms with Crippen LogP contribution in [0.2, 0.25) is 0 Å². The highest BCUT2D eigenvalue weighted by Crippen LogP contribution is 2.35. The monoisotopic (exact) mass is 255 g/mol. The van der Waals surface area contributed by atoms with Gasteiger partial charge >= 0.3 is 18.0 Å². The van der Waals surface area contributed by atoms with E-state index in [1.807, 2.05) is 0 Å². The number of hydrogen-bond donors (Lipinski definition) is 1. The van der Waals surface area contributed by atoms with Gasteiger partial charge in [0.25, 0.3) is 0 Å². The summed E-state index contributed by atoms with van der Waals surface area (Å²) >= 11 is 0. The van der Waals surface area contributed by atoms with Gasteiger partial charge in [0.2, 0.25) is 0 Å². The Kier molecular flexibility index (Phi) is 3.59. The fourth-order valence-electron chi connectivity index (χ4n) is 0.833. The van der Waals surface area contributed by atoms with Gasteiger partial charge in [0.15, 0.2) is 0 Å². The summed E-state index contributed by atoms with van der Waals surface area (Å²) in [6, 6.07) is 1.27. The molecule has 9 heteroatoms. The molecular formula is C8H6F5N3O. The Bertz CT molecular complexity index is 392. The fourth-order valence-corrected chi connectivity index (χ4v) is 0.833. The molecule has 1 N–H and O–H groups in total. The van der Waals surface area contributed by atoms with Gasteiger partial charge in [-0.05, 0) is 6.07 Å². The maximum absolute atomic E-state index is 12.5. The maximum Gasteiger partial charge on any atom is 0.463 e. The standard InChI is InChI=1S/C8H6F5N3O/c9-7(10,8(11,12)13)6(17)15-3-5-1-2-14-4-16-5/h1-2,4H,3H2,(H,15,17). The zero-order valence-corrected chi connectivity index (χ0v) is 8.13. The second kappa shape index (κ2) is 4.60. The first-order chi connectivity index (χ1) is 7.75. The van der Waals surface area contributed by atoms with Crippen molar-refractivity contribution in [1.82, 2.24) is 15.3 Å². The van der Waals surface area contributed by atoms with Crippen LogP contribution >= 0.6 is 0 Å². The highest BCUT2D eigenvalue weighted by Gasteiger charge is 2.63. The van der Waals surface area contributed by atoms with Crippen LogP contribution in [0.5, 0.6) is 0 Å². The smallest absolute Gasteiger partial charge is 0.345 e. The molecule has 0 unspecified atom stereocenters. The minimum absolute atomic E-state index is 0.117. The molecule has 0 aliphatic carbocycles. The van der Waals surface area contributed by atoms with Crippen LogP contribution in [-0.4, -0.2) is 28.0 Å². The van der Waals surface area contributed by atoms with Gasteiger partial charge in [-0.3, -0.25) is 4.79 Å². The first-order valence-corrected chi connectivity index (χ1v) is 4.23. The number of hydrogen-bond acceptors (Lipinski definition) is 3. The summed E-state index contributed by atoms with van der Waals surface area (Å²) in [5, 5.41) is 1.45. The van der Waals surface area contributed by atoms with E-state index in [-0.39, 0.29) is 5.69 Å². The molecule has 0 atom stereocenters. The van der Waals surface area contributed by atoms with E-state index in [1.54, 1.807) is 0 Å². The van der Waals surface area contributed by atoms with Crippen molar-refractivity contribution in [3.63, 3.8) is 0 Å². The molecule has 0 aliphatic rings. The topological polar surface area (TPSA) is 54.9 Å². The molecular weight excluding hydrogens is 249 g/mol. The second-order valence-corrected chi connectivity index (χ2v) is 2.96. The lowest BCUT2D eigenvalue weighted by atomic mass is 10.3. The molecule has 0 bridgehead atoms. The van der Waals surface area contributed by atoms with Crippen molar-refractivity contribution in [2.24, 2.45) is 0 Å². The van der Waals surface area contributed by atoms with Crippen molar-refractivity contribution in [2.45, 2.75) is 18.6 Å². The van der Waals surface area contributed by atoms with Crippen molar-refractivity contribution in [3.05, 3.63) is 24.3 Å². The summed E-state index contributed by atoms with van der Waals surface area (Å²) in [6.45, 7) is -0.535. The van der Waals surface area contributed by atoms with Gasteiger partial charge in [-0.2, -0.15) is 22.0 Å². The van der Waals surface area contributed by atoms with Crippen molar-refractivity contribution in [2.75, 3.05) is 0 Å². The zero-order chi connectivity index (χ0) is 13.1. The Balaban J connectivity index is 2.62. The van der Waals surface area contributed by atoms with Gasteiger partial charge < -0.3 is 5.32 Å². The molecule has 1 heterocycles. The first-order valence-electron chi connectivity index (χ1n) is 4.23. The summed E-state index contributed by atoms with van der Waals surface area (Å²) < 4.78 is 60.2. The van der Waals surface area contributed by atoms with Crippen molar-refractivity contribution in [3.8, 4) is 0 Å². The Hall–Kier alpha value is -1.80. The average molecular weight is 255 g/mol. The quantitative estimate of drug-likeness (QED) is 0.828. The lowest BCUT2D eigenvalue weighted by Gasteiger charge is -2.18. The molecule has 17 heavy (non-hydrogen) atoms. The highest BCUT2D eigenvalue weighted by molar-refractivity contribution is 5.84. The number of alkyl halides is 5. The summed E-state index contributed by atoms with van der Waals surface area (Å²) in [5.41, 5.74) is 0.117. The largest absolute Gasteiger partial charge is 0.463 e. The van der Waals surface area contributed by atoms with E-state index in [9.17, 15) is 26.7 Å². The average Bonchev–Trinajstić information content (AvgIpc) is 2.25. The lowest BCUT2D eigenvalue weighted by molar-refractivity contribution is -0.269. The van der Waals surface area contributed by atoms with E-state index >= 15 is 0 Å². The van der Waals surface area contributed by atoms with Crippen molar-refractivity contribution in [1.29, 1.82) is 0 Å². The van der Waals surface area contributed by atoms with Crippen molar-refractivity contribution < 1.29 is 26.7 Å². The van der Waals surface area contributed by atoms with Gasteiger partial charge in [-0.25, -0.2) is 9.97 Å². The molecule has 1 rings (SSSR count). The molecule has 1 aromatic heterocycles. The predicted octanol–water partition coefficient (Wildman–Crippen LogP) is 1.29. The molecule has 1 amide bonds. The summed E-state index contributed by atoms with van der Waals surface area (Å²) in [6.07, 6.45) is -3.58. The maximum atomic E-state index is 12.5. The zero-order valence-electron chi connectivity index (χ0n) is 8.13. The SMILES string of the molecule is O=C(NCc1ccncn1)C(F)(F)C(F)(F)F. The molecule has 0 radical (unpaired) electrons. The van der Waals surface area contributed by atoms with Crippen molar-refractivity contribution >= 4 is 5.91 Å². The van der Waals surface area contributed by atoms with E-state index < -0.39 is 24.6 Å². The van der Waals surface area contributed by atoms with Crippen LogP contribution in [0.1, 0.15) is 5.69 Å². The molecule has 0 saturated carbocycles. The molecule has 0 saturated heterocycles. The minimum atomic E-state index is -5.91. The number of aromatic nitrogens is 2. The van der Waals surface area contributed by atoms with Gasteiger partial charge in [0.1, 0.15) is 6.33 Å². The minimum Gasteiger partial charge on any atom is -0.345 e. The fraction of sp³-hybridized carbons (Fsp3) is 0.375. The molecule has 4 nitrogen and oxygen atoms in total. The molecule has 0 spiro atoms. The third-order valence-electron chi connectivity index (χ3n) is 1.71. The van der Waals surface area contributed by atoms with Crippen LogP contribution in [0.4, 0.5) is 22.0 Å². The third kappa shape index (κ3) is 3.08. The Morgan fingerprint density at radius 2 is 1.94 bits per heavy atom. The van der Waals surface area contributed by atoms with Crippen LogP contribution in [-0.2, 0) is 11.3 Å². The van der Waals surface area contributed by atoms with E-state index in [1.165, 1.54) is 17.6 Å². The lowest BCUT2D eigenvalue weighted by Crippen LogP contribution is -2.50. The van der Waals surface area contributed by atoms with E-state index in [4.69, 9.17) is 0 Å². The summed E-state index contributed by atoms with van der Waals surface area (Å²) in [4.78, 5) is 17.7. The van der Waals surface area contributed by atoms with Gasteiger partial charge in [0.05, 0.1) is 12.2 Å². The van der Waals surface area contributed by atoms with Gasteiger partial charge in [-0.15, -0.1) is 0 Å². The van der Waals surface area contributed by atoms with Gasteiger partial charge in [0, 0.05) is 6.20 Å². The summed E-state index contributed by atoms with van der Waals surface area (Å²) in [7, 11) is 0. The number of amides is 1. The molecule has 0 aromatic carbocycles. The van der Waals surface area contributed by atoms with E-state index in [0.717, 1.165) is 6.33 Å². The van der Waals surface area contributed by atoms with E-state index in [2.05, 4.69) is 9.97 Å². The van der Waals surface area contributed by atoms with Crippen LogP contribution in [0.3, 0.4) is 0 Å². The number of nitrogens with one attached hydrogen (secondary N) is 1. The van der Waals surface area contributed by atoms with Crippen LogP contribution < -0.4 is 5.32 Å². The first kappa shape index (κ1) is 13.3. The van der Waals surface area contributed by atoms with Crippen LogP contribution in [0.15, 0.2) is 18.6 Å². The number of nitrogens with zero attached hydrogens (tertiary/aromatic N) is 2. The van der Waals surface area contributed by atoms with Crippen LogP contribution in [0.25, 0.3) is 0 Å². The number of carbonyl (C=O) groups excluding carboxylic acids is 1. The highest BCUT2D eigenvalue weighted by atomic mass is 19.4. The molecule has 94 valence electrons. The third-order valence-corrected chi connectivity index (χ3v) is 1.71. The number of halogens is 5. The molecule has 0 fully saturated rings. The Morgan fingerprint density at radius 1 is 1.29 bits per heavy atom. The predicted molar refractivity (Wildman–Crippen MR) is 44.9 cm³/mol.